The van der Waals surface area contributed by atoms with Gasteiger partial charge in [-0.25, -0.2) is 4.98 Å². The number of halogens is 3. The molecule has 2 aromatic heterocycles. The van der Waals surface area contributed by atoms with Crippen LogP contribution in [0.4, 0.5) is 8.78 Å². The lowest BCUT2D eigenvalue weighted by atomic mass is 10.0. The smallest absolute Gasteiger partial charge is 0.400 e. The number of rotatable bonds is 4. The van der Waals surface area contributed by atoms with Crippen molar-refractivity contribution in [2.75, 3.05) is 0 Å². The fourth-order valence-electron chi connectivity index (χ4n) is 1.83. The first-order chi connectivity index (χ1) is 10.4. The fourth-order valence-corrected chi connectivity index (χ4v) is 1.91. The van der Waals surface area contributed by atoms with Crippen molar-refractivity contribution in [3.8, 4) is 11.4 Å². The summed E-state index contributed by atoms with van der Waals surface area (Å²) in [4.78, 5) is 7.39. The molecule has 0 saturated carbocycles. The molecule has 1 atom stereocenters. The Kier molecular flexibility index (Phi) is 3.63. The number of hydrogen-bond donors (Lipinski definition) is 1. The predicted molar refractivity (Wildman–Crippen MR) is 70.0 cm³/mol. The maximum Gasteiger partial charge on any atom is 0.400 e. The van der Waals surface area contributed by atoms with E-state index in [1.54, 1.807) is 18.2 Å². The maximum atomic E-state index is 12.9. The predicted octanol–water partition coefficient (Wildman–Crippen LogP) is 3.09. The van der Waals surface area contributed by atoms with E-state index in [9.17, 15) is 13.9 Å². The largest absolute Gasteiger partial charge is 0.451 e. The molecule has 114 valence electrons. The third kappa shape index (κ3) is 2.83. The summed E-state index contributed by atoms with van der Waals surface area (Å²) >= 11 is 4.82. The molecule has 0 saturated heterocycles. The second-order valence-electron chi connectivity index (χ2n) is 4.36. The first kappa shape index (κ1) is 14.6. The Hall–Kier alpha value is -2.32. The van der Waals surface area contributed by atoms with Gasteiger partial charge in [0.1, 0.15) is 18.1 Å². The van der Waals surface area contributed by atoms with Gasteiger partial charge in [-0.2, -0.15) is 13.8 Å². The van der Waals surface area contributed by atoms with Gasteiger partial charge in [-0.05, 0) is 23.2 Å². The Balaban J connectivity index is 1.93. The van der Waals surface area contributed by atoms with E-state index in [1.807, 2.05) is 0 Å². The van der Waals surface area contributed by atoms with Crippen molar-refractivity contribution < 1.29 is 22.8 Å². The second-order valence-corrected chi connectivity index (χ2v) is 4.84. The Bertz CT molecular complexity index is 771. The van der Waals surface area contributed by atoms with Crippen molar-refractivity contribution in [1.82, 2.24) is 15.1 Å². The summed E-state index contributed by atoms with van der Waals surface area (Å²) in [6.45, 7) is 0. The van der Waals surface area contributed by atoms with E-state index < -0.39 is 17.4 Å². The van der Waals surface area contributed by atoms with Crippen LogP contribution in [0.25, 0.3) is 11.4 Å². The van der Waals surface area contributed by atoms with Gasteiger partial charge in [-0.15, -0.1) is 0 Å². The second kappa shape index (κ2) is 5.47. The van der Waals surface area contributed by atoms with E-state index in [1.165, 1.54) is 18.7 Å². The number of benzene rings is 1. The Morgan fingerprint density at radius 1 is 1.32 bits per heavy atom. The van der Waals surface area contributed by atoms with Crippen LogP contribution in [0.15, 0.2) is 45.9 Å². The summed E-state index contributed by atoms with van der Waals surface area (Å²) in [6, 6.07) is 6.36. The summed E-state index contributed by atoms with van der Waals surface area (Å²) < 4.78 is 35.0. The number of nitrogens with zero attached hydrogens (tertiary/aromatic N) is 3. The fraction of sp³-hybridized carbons (Fsp3) is 0.154. The van der Waals surface area contributed by atoms with Gasteiger partial charge in [0, 0.05) is 5.56 Å². The van der Waals surface area contributed by atoms with Crippen LogP contribution in [0.3, 0.4) is 0 Å². The van der Waals surface area contributed by atoms with Crippen LogP contribution in [0.2, 0.25) is 0 Å². The number of aromatic nitrogens is 3. The highest BCUT2D eigenvalue weighted by atomic mass is 35.5. The van der Waals surface area contributed by atoms with E-state index in [4.69, 9.17) is 16.0 Å². The van der Waals surface area contributed by atoms with Gasteiger partial charge in [-0.1, -0.05) is 23.4 Å². The molecule has 0 aliphatic rings. The highest BCUT2D eigenvalue weighted by Gasteiger charge is 2.35. The zero-order valence-corrected chi connectivity index (χ0v) is 11.5. The van der Waals surface area contributed by atoms with E-state index in [2.05, 4.69) is 19.6 Å². The molecule has 3 aromatic rings. The lowest BCUT2D eigenvalue weighted by Crippen LogP contribution is -2.03. The average Bonchev–Trinajstić information content (AvgIpc) is 3.17. The van der Waals surface area contributed by atoms with Gasteiger partial charge >= 0.3 is 11.3 Å². The SMILES string of the molecule is OC(c1cccc(-c2noc(C(F)(F)Cl)n2)c1)c1cocn1. The van der Waals surface area contributed by atoms with Gasteiger partial charge in [0.25, 0.3) is 0 Å². The Morgan fingerprint density at radius 2 is 2.14 bits per heavy atom. The lowest BCUT2D eigenvalue weighted by molar-refractivity contribution is 0.0551. The molecule has 6 nitrogen and oxygen atoms in total. The minimum absolute atomic E-state index is 0.0653. The van der Waals surface area contributed by atoms with Crippen LogP contribution in [0, 0.1) is 0 Å². The highest BCUT2D eigenvalue weighted by molar-refractivity contribution is 6.21. The van der Waals surface area contributed by atoms with Gasteiger partial charge in [-0.3, -0.25) is 0 Å². The quantitative estimate of drug-likeness (QED) is 0.741. The summed E-state index contributed by atoms with van der Waals surface area (Å²) in [5.41, 5.74) is 1.17. The molecule has 0 aliphatic carbocycles. The van der Waals surface area contributed by atoms with Crippen molar-refractivity contribution in [3.05, 3.63) is 54.1 Å². The molecule has 2 heterocycles. The molecule has 1 aromatic carbocycles. The number of aliphatic hydroxyl groups excluding tert-OH is 1. The zero-order valence-electron chi connectivity index (χ0n) is 10.8. The van der Waals surface area contributed by atoms with E-state index in [0.717, 1.165) is 0 Å². The monoisotopic (exact) mass is 327 g/mol. The molecule has 0 spiro atoms. The molecule has 0 bridgehead atoms. The Morgan fingerprint density at radius 3 is 2.77 bits per heavy atom. The molecule has 1 N–H and O–H groups in total. The van der Waals surface area contributed by atoms with Crippen LogP contribution >= 0.6 is 11.6 Å². The zero-order chi connectivity index (χ0) is 15.7. The standard InChI is InChI=1S/C13H8ClF2N3O3/c14-13(15,16)12-18-11(19-22-12)8-3-1-2-7(4-8)10(20)9-5-21-6-17-9/h1-6,10,20H. The van der Waals surface area contributed by atoms with Crippen LogP contribution in [0.1, 0.15) is 23.3 Å². The van der Waals surface area contributed by atoms with Gasteiger partial charge in [0.2, 0.25) is 5.82 Å². The van der Waals surface area contributed by atoms with Gasteiger partial charge in [0.15, 0.2) is 6.39 Å². The molecule has 22 heavy (non-hydrogen) atoms. The molecule has 0 amide bonds. The summed E-state index contributed by atoms with van der Waals surface area (Å²) in [7, 11) is 0. The van der Waals surface area contributed by atoms with Crippen molar-refractivity contribution in [1.29, 1.82) is 0 Å². The van der Waals surface area contributed by atoms with E-state index in [0.29, 0.717) is 16.8 Å². The minimum atomic E-state index is -3.73. The van der Waals surface area contributed by atoms with E-state index in [-0.39, 0.29) is 5.82 Å². The average molecular weight is 328 g/mol. The van der Waals surface area contributed by atoms with Crippen molar-refractivity contribution in [3.63, 3.8) is 0 Å². The van der Waals surface area contributed by atoms with Gasteiger partial charge in [0.05, 0.1) is 0 Å². The lowest BCUT2D eigenvalue weighted by Gasteiger charge is -2.08. The highest BCUT2D eigenvalue weighted by Crippen LogP contribution is 2.32. The maximum absolute atomic E-state index is 12.9. The molecule has 1 unspecified atom stereocenters. The molecule has 0 aliphatic heterocycles. The Labute approximate surface area is 127 Å². The van der Waals surface area contributed by atoms with Gasteiger partial charge < -0.3 is 14.0 Å². The number of aliphatic hydroxyl groups is 1. The van der Waals surface area contributed by atoms with Crippen LogP contribution in [0.5, 0.6) is 0 Å². The normalized spacial score (nSPS) is 13.3. The van der Waals surface area contributed by atoms with Crippen LogP contribution in [-0.4, -0.2) is 20.2 Å². The van der Waals surface area contributed by atoms with Crippen molar-refractivity contribution in [2.45, 2.75) is 11.5 Å². The number of hydrogen-bond acceptors (Lipinski definition) is 6. The molecule has 9 heteroatoms. The summed E-state index contributed by atoms with van der Waals surface area (Å²) in [6.07, 6.45) is 1.47. The number of alkyl halides is 3. The number of oxazole rings is 1. The summed E-state index contributed by atoms with van der Waals surface area (Å²) in [5.74, 6) is -1.06. The van der Waals surface area contributed by atoms with E-state index >= 15 is 0 Å². The molecule has 0 radical (unpaired) electrons. The topological polar surface area (TPSA) is 85.2 Å². The summed E-state index contributed by atoms with van der Waals surface area (Å²) in [5, 5.41) is 9.88. The third-order valence-electron chi connectivity index (χ3n) is 2.86. The van der Waals surface area contributed by atoms with Crippen molar-refractivity contribution >= 4 is 11.6 Å². The van der Waals surface area contributed by atoms with Crippen LogP contribution in [-0.2, 0) is 5.38 Å². The first-order valence-electron chi connectivity index (χ1n) is 6.02. The molecular formula is C13H8ClF2N3O3. The van der Waals surface area contributed by atoms with Crippen LogP contribution < -0.4 is 0 Å². The molecule has 0 fully saturated rings. The molecule has 3 rings (SSSR count). The first-order valence-corrected chi connectivity index (χ1v) is 6.40. The molecular weight excluding hydrogens is 320 g/mol. The van der Waals surface area contributed by atoms with Crippen molar-refractivity contribution in [2.24, 2.45) is 0 Å². The minimum Gasteiger partial charge on any atom is -0.451 e. The third-order valence-corrected chi connectivity index (χ3v) is 3.02.